The first-order valence-electron chi connectivity index (χ1n) is 2.76. The average molecular weight is 213 g/mol. The molecule has 12 heavy (non-hydrogen) atoms. The summed E-state index contributed by atoms with van der Waals surface area (Å²) in [6.07, 6.45) is 3.40. The van der Waals surface area contributed by atoms with Gasteiger partial charge in [-0.05, 0) is 17.8 Å². The van der Waals surface area contributed by atoms with Crippen LogP contribution in [0.15, 0.2) is 17.2 Å². The molecule has 0 atom stereocenters. The van der Waals surface area contributed by atoms with Gasteiger partial charge in [0.15, 0.2) is 0 Å². The van der Waals surface area contributed by atoms with Gasteiger partial charge in [-0.25, -0.2) is 0 Å². The molecule has 0 aliphatic carbocycles. The number of rotatable bonds is 1. The molecule has 6 heteroatoms. The molecule has 0 aliphatic rings. The normalized spacial score (nSPS) is 11.7. The summed E-state index contributed by atoms with van der Waals surface area (Å²) in [5.74, 6) is 0. The van der Waals surface area contributed by atoms with Crippen LogP contribution in [0.2, 0.25) is 5.02 Å². The Morgan fingerprint density at radius 1 is 1.50 bits per heavy atom. The first-order chi connectivity index (χ1) is 5.47. The lowest BCUT2D eigenvalue weighted by molar-refractivity contribution is -0.0328. The second-order valence-electron chi connectivity index (χ2n) is 1.81. The van der Waals surface area contributed by atoms with Gasteiger partial charge < -0.3 is 0 Å². The molecular weight excluding hydrogens is 211 g/mol. The van der Waals surface area contributed by atoms with Crippen molar-refractivity contribution in [3.05, 3.63) is 23.5 Å². The van der Waals surface area contributed by atoms with E-state index in [9.17, 15) is 13.2 Å². The van der Waals surface area contributed by atoms with Gasteiger partial charge in [-0.15, -0.1) is 0 Å². The number of hydrogen-bond donors (Lipinski definition) is 0. The number of nitrogens with zero attached hydrogens (tertiary/aromatic N) is 1. The lowest BCUT2D eigenvalue weighted by atomic mass is 10.5. The van der Waals surface area contributed by atoms with E-state index in [1.807, 2.05) is 0 Å². The summed E-state index contributed by atoms with van der Waals surface area (Å²) < 4.78 is 35.2. The minimum atomic E-state index is -4.32. The summed E-state index contributed by atoms with van der Waals surface area (Å²) in [6, 6.07) is 1.16. The van der Waals surface area contributed by atoms with Crippen molar-refractivity contribution in [2.45, 2.75) is 10.4 Å². The Bertz CT molecular complexity index is 276. The summed E-state index contributed by atoms with van der Waals surface area (Å²) in [4.78, 5) is 3.26. The molecule has 0 aliphatic heterocycles. The predicted octanol–water partition coefficient (Wildman–Crippen LogP) is 3.15. The second-order valence-corrected chi connectivity index (χ2v) is 3.35. The van der Waals surface area contributed by atoms with E-state index in [-0.39, 0.29) is 21.7 Å². The van der Waals surface area contributed by atoms with E-state index < -0.39 is 5.51 Å². The summed E-state index contributed by atoms with van der Waals surface area (Å²) >= 11 is 5.12. The van der Waals surface area contributed by atoms with Crippen molar-refractivity contribution in [1.82, 2.24) is 4.98 Å². The molecular formula is C6H2ClF3NS. The number of alkyl halides is 3. The third kappa shape index (κ3) is 3.32. The number of hydrogen-bond acceptors (Lipinski definition) is 2. The van der Waals surface area contributed by atoms with Crippen molar-refractivity contribution >= 4 is 23.4 Å². The maximum Gasteiger partial charge on any atom is 0.446 e. The molecule has 1 rings (SSSR count). The van der Waals surface area contributed by atoms with Crippen molar-refractivity contribution in [3.63, 3.8) is 0 Å². The van der Waals surface area contributed by atoms with Crippen LogP contribution >= 0.6 is 23.4 Å². The van der Waals surface area contributed by atoms with Gasteiger partial charge in [-0.3, -0.25) is 4.98 Å². The molecule has 0 bridgehead atoms. The summed E-state index contributed by atoms with van der Waals surface area (Å²) in [5, 5.41) is 0.167. The van der Waals surface area contributed by atoms with Gasteiger partial charge in [0.25, 0.3) is 0 Å². The monoisotopic (exact) mass is 212 g/mol. The number of pyridine rings is 1. The lowest BCUT2D eigenvalue weighted by Crippen LogP contribution is -1.99. The zero-order valence-electron chi connectivity index (χ0n) is 5.52. The van der Waals surface area contributed by atoms with Crippen molar-refractivity contribution in [3.8, 4) is 0 Å². The first kappa shape index (κ1) is 9.67. The number of aromatic nitrogens is 1. The third-order valence-corrected chi connectivity index (χ3v) is 1.72. The summed E-state index contributed by atoms with van der Waals surface area (Å²) in [5.41, 5.74) is -4.32. The van der Waals surface area contributed by atoms with E-state index in [4.69, 9.17) is 11.6 Å². The van der Waals surface area contributed by atoms with Crippen LogP contribution in [0.25, 0.3) is 0 Å². The van der Waals surface area contributed by atoms with Crippen molar-refractivity contribution in [2.75, 3.05) is 0 Å². The third-order valence-electron chi connectivity index (χ3n) is 0.857. The Labute approximate surface area is 75.9 Å². The van der Waals surface area contributed by atoms with Gasteiger partial charge in [-0.1, -0.05) is 11.6 Å². The predicted molar refractivity (Wildman–Crippen MR) is 40.0 cm³/mol. The minimum Gasteiger partial charge on any atom is -0.252 e. The topological polar surface area (TPSA) is 12.9 Å². The highest BCUT2D eigenvalue weighted by Crippen LogP contribution is 2.36. The van der Waals surface area contributed by atoms with Gasteiger partial charge in [0, 0.05) is 11.1 Å². The highest BCUT2D eigenvalue weighted by atomic mass is 35.5. The van der Waals surface area contributed by atoms with Gasteiger partial charge in [0.1, 0.15) is 6.20 Å². The van der Waals surface area contributed by atoms with Crippen LogP contribution in [0.5, 0.6) is 0 Å². The van der Waals surface area contributed by atoms with Crippen LogP contribution < -0.4 is 0 Å². The van der Waals surface area contributed by atoms with Crippen LogP contribution in [-0.4, -0.2) is 10.5 Å². The molecule has 0 spiro atoms. The molecule has 0 N–H and O–H groups in total. The molecule has 0 unspecified atom stereocenters. The number of thioether (sulfide) groups is 1. The van der Waals surface area contributed by atoms with Crippen molar-refractivity contribution < 1.29 is 13.2 Å². The molecule has 1 heterocycles. The first-order valence-corrected chi connectivity index (χ1v) is 3.96. The lowest BCUT2D eigenvalue weighted by Gasteiger charge is -2.03. The van der Waals surface area contributed by atoms with Crippen molar-refractivity contribution in [2.24, 2.45) is 0 Å². The zero-order chi connectivity index (χ0) is 9.19. The second kappa shape index (κ2) is 3.53. The standard InChI is InChI=1S/C6H2ClF3NS/c7-4-1-5(3-11-2-4)12-6(8,9)10/h1-2H. The Morgan fingerprint density at radius 2 is 2.17 bits per heavy atom. The Kier molecular flexibility index (Phi) is 2.85. The van der Waals surface area contributed by atoms with Crippen LogP contribution in [0, 0.1) is 6.20 Å². The van der Waals surface area contributed by atoms with E-state index in [2.05, 4.69) is 11.2 Å². The largest absolute Gasteiger partial charge is 0.446 e. The average Bonchev–Trinajstić information content (AvgIpc) is 1.82. The molecule has 1 nitrogen and oxygen atoms in total. The number of halogens is 4. The highest BCUT2D eigenvalue weighted by molar-refractivity contribution is 8.00. The molecule has 0 aromatic carbocycles. The molecule has 0 saturated heterocycles. The Balaban J connectivity index is 2.77. The quantitative estimate of drug-likeness (QED) is 0.664. The molecule has 1 aromatic rings. The van der Waals surface area contributed by atoms with E-state index >= 15 is 0 Å². The van der Waals surface area contributed by atoms with E-state index in [0.717, 1.165) is 6.07 Å². The van der Waals surface area contributed by atoms with Crippen LogP contribution in [-0.2, 0) is 0 Å². The maximum absolute atomic E-state index is 11.7. The smallest absolute Gasteiger partial charge is 0.252 e. The van der Waals surface area contributed by atoms with Gasteiger partial charge >= 0.3 is 5.51 Å². The molecule has 65 valence electrons. The minimum absolute atomic E-state index is 0.130. The fourth-order valence-corrected chi connectivity index (χ4v) is 1.29. The van der Waals surface area contributed by atoms with E-state index in [1.165, 1.54) is 6.20 Å². The molecule has 1 aromatic heterocycles. The van der Waals surface area contributed by atoms with Gasteiger partial charge in [0.2, 0.25) is 0 Å². The molecule has 0 saturated carbocycles. The fraction of sp³-hybridized carbons (Fsp3) is 0.167. The fourth-order valence-electron chi connectivity index (χ4n) is 0.529. The molecule has 0 amide bonds. The maximum atomic E-state index is 11.7. The summed E-state index contributed by atoms with van der Waals surface area (Å²) in [6.45, 7) is 0. The van der Waals surface area contributed by atoms with Gasteiger partial charge in [0.05, 0.1) is 5.02 Å². The SMILES string of the molecule is FC(F)(F)Sc1[c]ncc(Cl)c1. The molecule has 1 radical (unpaired) electrons. The van der Waals surface area contributed by atoms with Crippen LogP contribution in [0.3, 0.4) is 0 Å². The zero-order valence-corrected chi connectivity index (χ0v) is 7.09. The van der Waals surface area contributed by atoms with Gasteiger partial charge in [-0.2, -0.15) is 13.2 Å². The van der Waals surface area contributed by atoms with E-state index in [1.54, 1.807) is 0 Å². The highest BCUT2D eigenvalue weighted by Gasteiger charge is 2.29. The Hall–Kier alpha value is -0.420. The summed E-state index contributed by atoms with van der Waals surface area (Å²) in [7, 11) is 0. The van der Waals surface area contributed by atoms with Crippen molar-refractivity contribution in [1.29, 1.82) is 0 Å². The van der Waals surface area contributed by atoms with E-state index in [0.29, 0.717) is 0 Å². The van der Waals surface area contributed by atoms with Crippen LogP contribution in [0.4, 0.5) is 13.2 Å². The Morgan fingerprint density at radius 3 is 2.67 bits per heavy atom. The molecule has 0 fully saturated rings. The van der Waals surface area contributed by atoms with Crippen LogP contribution in [0.1, 0.15) is 0 Å².